The van der Waals surface area contributed by atoms with Crippen LogP contribution < -0.4 is 0 Å². The SMILES string of the molecule is O=C(CC1CCOCC1)N1CCCC1(CO)Cc1ccccc1. The lowest BCUT2D eigenvalue weighted by atomic mass is 9.88. The fraction of sp³-hybridized carbons (Fsp3) is 0.632. The molecule has 2 aliphatic heterocycles. The van der Waals surface area contributed by atoms with Gasteiger partial charge in [-0.05, 0) is 43.6 Å². The molecule has 126 valence electrons. The number of rotatable bonds is 5. The highest BCUT2D eigenvalue weighted by Gasteiger charge is 2.43. The Morgan fingerprint density at radius 1 is 1.26 bits per heavy atom. The number of carbonyl (C=O) groups is 1. The molecule has 1 aromatic rings. The van der Waals surface area contributed by atoms with Crippen molar-refractivity contribution in [3.8, 4) is 0 Å². The second-order valence-electron chi connectivity index (χ2n) is 6.95. The van der Waals surface area contributed by atoms with Crippen molar-refractivity contribution in [2.24, 2.45) is 5.92 Å². The minimum Gasteiger partial charge on any atom is -0.394 e. The van der Waals surface area contributed by atoms with Gasteiger partial charge in [0.25, 0.3) is 0 Å². The molecule has 1 atom stereocenters. The molecular weight excluding hydrogens is 290 g/mol. The largest absolute Gasteiger partial charge is 0.394 e. The van der Waals surface area contributed by atoms with Crippen LogP contribution in [0.2, 0.25) is 0 Å². The van der Waals surface area contributed by atoms with Crippen LogP contribution in [0, 0.1) is 5.92 Å². The van der Waals surface area contributed by atoms with Crippen LogP contribution in [-0.4, -0.2) is 47.8 Å². The average molecular weight is 317 g/mol. The standard InChI is InChI=1S/C19H27NO3/c21-15-19(14-17-5-2-1-3-6-17)9-4-10-20(19)18(22)13-16-7-11-23-12-8-16/h1-3,5-6,16,21H,4,7-15H2. The molecule has 23 heavy (non-hydrogen) atoms. The lowest BCUT2D eigenvalue weighted by Crippen LogP contribution is -2.52. The number of nitrogens with zero attached hydrogens (tertiary/aromatic N) is 1. The van der Waals surface area contributed by atoms with Crippen LogP contribution in [0.3, 0.4) is 0 Å². The maximum absolute atomic E-state index is 12.9. The predicted octanol–water partition coefficient (Wildman–Crippen LogP) is 2.40. The molecule has 3 rings (SSSR count). The zero-order chi connectivity index (χ0) is 16.1. The van der Waals surface area contributed by atoms with Crippen molar-refractivity contribution >= 4 is 5.91 Å². The fourth-order valence-electron chi connectivity index (χ4n) is 4.02. The van der Waals surface area contributed by atoms with E-state index in [1.807, 2.05) is 23.1 Å². The van der Waals surface area contributed by atoms with Crippen molar-refractivity contribution < 1.29 is 14.6 Å². The summed E-state index contributed by atoms with van der Waals surface area (Å²) in [5.41, 5.74) is 0.774. The molecule has 2 heterocycles. The van der Waals surface area contributed by atoms with E-state index in [1.165, 1.54) is 5.56 Å². The first-order chi connectivity index (χ1) is 11.2. The first kappa shape index (κ1) is 16.5. The van der Waals surface area contributed by atoms with Crippen molar-refractivity contribution in [3.63, 3.8) is 0 Å². The summed E-state index contributed by atoms with van der Waals surface area (Å²) in [4.78, 5) is 14.8. The summed E-state index contributed by atoms with van der Waals surface area (Å²) in [7, 11) is 0. The van der Waals surface area contributed by atoms with Crippen LogP contribution in [-0.2, 0) is 16.0 Å². The third-order valence-corrected chi connectivity index (χ3v) is 5.37. The van der Waals surface area contributed by atoms with Crippen molar-refractivity contribution in [1.29, 1.82) is 0 Å². The Morgan fingerprint density at radius 2 is 2.00 bits per heavy atom. The van der Waals surface area contributed by atoms with Gasteiger partial charge >= 0.3 is 0 Å². The van der Waals surface area contributed by atoms with Gasteiger partial charge in [-0.25, -0.2) is 0 Å². The van der Waals surface area contributed by atoms with Gasteiger partial charge in [-0.1, -0.05) is 30.3 Å². The van der Waals surface area contributed by atoms with Crippen LogP contribution in [0.1, 0.15) is 37.7 Å². The second-order valence-corrected chi connectivity index (χ2v) is 6.95. The van der Waals surface area contributed by atoms with E-state index < -0.39 is 5.54 Å². The topological polar surface area (TPSA) is 49.8 Å². The molecule has 0 aromatic heterocycles. The van der Waals surface area contributed by atoms with Crippen LogP contribution >= 0.6 is 0 Å². The highest BCUT2D eigenvalue weighted by atomic mass is 16.5. The minimum absolute atomic E-state index is 0.0431. The van der Waals surface area contributed by atoms with E-state index >= 15 is 0 Å². The minimum atomic E-state index is -0.413. The summed E-state index contributed by atoms with van der Waals surface area (Å²) in [5.74, 6) is 0.643. The monoisotopic (exact) mass is 317 g/mol. The molecular formula is C19H27NO3. The van der Waals surface area contributed by atoms with Gasteiger partial charge in [0.2, 0.25) is 5.91 Å². The first-order valence-electron chi connectivity index (χ1n) is 8.76. The van der Waals surface area contributed by atoms with E-state index in [1.54, 1.807) is 0 Å². The maximum atomic E-state index is 12.9. The Labute approximate surface area is 138 Å². The van der Waals surface area contributed by atoms with Crippen LogP contribution in [0.25, 0.3) is 0 Å². The quantitative estimate of drug-likeness (QED) is 0.907. The molecule has 1 N–H and O–H groups in total. The van der Waals surface area contributed by atoms with Gasteiger partial charge < -0.3 is 14.7 Å². The maximum Gasteiger partial charge on any atom is 0.223 e. The second kappa shape index (κ2) is 7.45. The van der Waals surface area contributed by atoms with E-state index in [0.717, 1.165) is 51.9 Å². The Morgan fingerprint density at radius 3 is 2.70 bits per heavy atom. The molecule has 1 unspecified atom stereocenters. The van der Waals surface area contributed by atoms with Gasteiger partial charge in [0.05, 0.1) is 12.1 Å². The molecule has 0 radical (unpaired) electrons. The first-order valence-corrected chi connectivity index (χ1v) is 8.76. The van der Waals surface area contributed by atoms with Gasteiger partial charge in [0, 0.05) is 26.2 Å². The Bertz CT molecular complexity index is 513. The molecule has 0 aliphatic carbocycles. The number of hydrogen-bond acceptors (Lipinski definition) is 3. The number of amides is 1. The average Bonchev–Trinajstić information content (AvgIpc) is 3.01. The summed E-state index contributed by atoms with van der Waals surface area (Å²) in [5, 5.41) is 10.1. The van der Waals surface area contributed by atoms with Crippen molar-refractivity contribution in [2.75, 3.05) is 26.4 Å². The van der Waals surface area contributed by atoms with Crippen molar-refractivity contribution in [1.82, 2.24) is 4.90 Å². The van der Waals surface area contributed by atoms with Crippen LogP contribution in [0.15, 0.2) is 30.3 Å². The highest BCUT2D eigenvalue weighted by molar-refractivity contribution is 5.77. The summed E-state index contributed by atoms with van der Waals surface area (Å²) in [6.07, 6.45) is 5.16. The summed E-state index contributed by atoms with van der Waals surface area (Å²) >= 11 is 0. The third kappa shape index (κ3) is 3.75. The van der Waals surface area contributed by atoms with Gasteiger partial charge in [0.1, 0.15) is 0 Å². The molecule has 0 saturated carbocycles. The normalized spacial score (nSPS) is 25.7. The number of ether oxygens (including phenoxy) is 1. The Hall–Kier alpha value is -1.39. The molecule has 2 aliphatic rings. The number of likely N-dealkylation sites (tertiary alicyclic amines) is 1. The zero-order valence-electron chi connectivity index (χ0n) is 13.7. The molecule has 0 spiro atoms. The molecule has 1 aromatic carbocycles. The number of hydrogen-bond donors (Lipinski definition) is 1. The molecule has 4 nitrogen and oxygen atoms in total. The fourth-order valence-corrected chi connectivity index (χ4v) is 4.02. The summed E-state index contributed by atoms with van der Waals surface area (Å²) in [6.45, 7) is 2.36. The third-order valence-electron chi connectivity index (χ3n) is 5.37. The van der Waals surface area contributed by atoms with E-state index in [2.05, 4.69) is 12.1 Å². The van der Waals surface area contributed by atoms with Crippen LogP contribution in [0.4, 0.5) is 0 Å². The van der Waals surface area contributed by atoms with Gasteiger partial charge in [-0.15, -0.1) is 0 Å². The van der Waals surface area contributed by atoms with Crippen molar-refractivity contribution in [3.05, 3.63) is 35.9 Å². The zero-order valence-corrected chi connectivity index (χ0v) is 13.7. The number of carbonyl (C=O) groups excluding carboxylic acids is 1. The number of aliphatic hydroxyl groups is 1. The predicted molar refractivity (Wildman–Crippen MR) is 89.1 cm³/mol. The van der Waals surface area contributed by atoms with Crippen LogP contribution in [0.5, 0.6) is 0 Å². The molecule has 0 bridgehead atoms. The Kier molecular flexibility index (Phi) is 5.34. The summed E-state index contributed by atoms with van der Waals surface area (Å²) < 4.78 is 5.38. The van der Waals surface area contributed by atoms with Gasteiger partial charge in [-0.2, -0.15) is 0 Å². The van der Waals surface area contributed by atoms with E-state index in [9.17, 15) is 9.90 Å². The highest BCUT2D eigenvalue weighted by Crippen LogP contribution is 2.34. The van der Waals surface area contributed by atoms with Gasteiger partial charge in [0.15, 0.2) is 0 Å². The lowest BCUT2D eigenvalue weighted by molar-refractivity contribution is -0.138. The van der Waals surface area contributed by atoms with Crippen molar-refractivity contribution in [2.45, 2.75) is 44.1 Å². The van der Waals surface area contributed by atoms with Gasteiger partial charge in [-0.3, -0.25) is 4.79 Å². The van der Waals surface area contributed by atoms with E-state index in [4.69, 9.17) is 4.74 Å². The lowest BCUT2D eigenvalue weighted by Gasteiger charge is -2.38. The Balaban J connectivity index is 1.70. The molecule has 2 saturated heterocycles. The molecule has 1 amide bonds. The smallest absolute Gasteiger partial charge is 0.223 e. The van der Waals surface area contributed by atoms with E-state index in [-0.39, 0.29) is 12.5 Å². The number of aliphatic hydroxyl groups excluding tert-OH is 1. The van der Waals surface area contributed by atoms with E-state index in [0.29, 0.717) is 12.3 Å². The number of benzene rings is 1. The molecule has 2 fully saturated rings. The molecule has 4 heteroatoms. The summed E-state index contributed by atoms with van der Waals surface area (Å²) in [6, 6.07) is 10.2.